The second-order valence-electron chi connectivity index (χ2n) is 6.99. The average molecular weight is 400 g/mol. The van der Waals surface area contributed by atoms with Crippen LogP contribution >= 0.6 is 0 Å². The fraction of sp³-hybridized carbons (Fsp3) is 0.391. The topological polar surface area (TPSA) is 58.6 Å². The van der Waals surface area contributed by atoms with E-state index in [1.807, 2.05) is 24.3 Å². The van der Waals surface area contributed by atoms with Gasteiger partial charge < -0.3 is 15.0 Å². The molecule has 0 aliphatic carbocycles. The van der Waals surface area contributed by atoms with Crippen LogP contribution in [0.1, 0.15) is 37.8 Å². The van der Waals surface area contributed by atoms with Crippen molar-refractivity contribution in [1.82, 2.24) is 10.2 Å². The second kappa shape index (κ2) is 11.2. The van der Waals surface area contributed by atoms with Crippen molar-refractivity contribution in [2.45, 2.75) is 45.7 Å². The number of hydrogen-bond donors (Lipinski definition) is 1. The summed E-state index contributed by atoms with van der Waals surface area (Å²) in [4.78, 5) is 27.2. The Hall–Kier alpha value is -2.89. The van der Waals surface area contributed by atoms with Gasteiger partial charge in [-0.3, -0.25) is 9.59 Å². The minimum absolute atomic E-state index is 0.100. The summed E-state index contributed by atoms with van der Waals surface area (Å²) in [6.07, 6.45) is 1.97. The lowest BCUT2D eigenvalue weighted by atomic mass is 10.1. The van der Waals surface area contributed by atoms with Gasteiger partial charge in [-0.2, -0.15) is 0 Å². The first-order valence-electron chi connectivity index (χ1n) is 9.89. The molecule has 0 bridgehead atoms. The Morgan fingerprint density at radius 2 is 1.69 bits per heavy atom. The van der Waals surface area contributed by atoms with Crippen LogP contribution in [-0.4, -0.2) is 36.4 Å². The van der Waals surface area contributed by atoms with Gasteiger partial charge >= 0.3 is 0 Å². The number of nitrogens with zero attached hydrogens (tertiary/aromatic N) is 1. The van der Waals surface area contributed by atoms with E-state index in [-0.39, 0.29) is 24.1 Å². The summed E-state index contributed by atoms with van der Waals surface area (Å²) in [7, 11) is 1.59. The lowest BCUT2D eigenvalue weighted by Crippen LogP contribution is -2.48. The third-order valence-corrected chi connectivity index (χ3v) is 4.78. The highest BCUT2D eigenvalue weighted by atomic mass is 19.1. The minimum Gasteiger partial charge on any atom is -0.497 e. The number of methoxy groups -OCH3 is 1. The molecule has 2 aromatic carbocycles. The number of nitrogens with one attached hydrogen (secondary N) is 1. The number of unbranched alkanes of at least 4 members (excludes halogenated alkanes) is 1. The summed E-state index contributed by atoms with van der Waals surface area (Å²) in [5, 5.41) is 2.89. The highest BCUT2D eigenvalue weighted by Crippen LogP contribution is 2.16. The van der Waals surface area contributed by atoms with E-state index in [1.165, 1.54) is 12.1 Å². The first-order valence-corrected chi connectivity index (χ1v) is 9.89. The van der Waals surface area contributed by atoms with E-state index in [4.69, 9.17) is 4.74 Å². The van der Waals surface area contributed by atoms with E-state index in [9.17, 15) is 14.0 Å². The number of benzene rings is 2. The standard InChI is InChI=1S/C23H29FN2O3/c1-4-5-14-25-23(28)17(2)26(16-19-8-12-21(29-3)13-9-19)22(27)15-18-6-10-20(24)11-7-18/h6-13,17H,4-5,14-16H2,1-3H3,(H,25,28). The van der Waals surface area contributed by atoms with E-state index in [1.54, 1.807) is 31.1 Å². The van der Waals surface area contributed by atoms with Gasteiger partial charge in [0, 0.05) is 13.1 Å². The number of ether oxygens (including phenoxy) is 1. The van der Waals surface area contributed by atoms with Crippen LogP contribution in [0.4, 0.5) is 4.39 Å². The first-order chi connectivity index (χ1) is 13.9. The fourth-order valence-corrected chi connectivity index (χ4v) is 2.92. The Morgan fingerprint density at radius 1 is 1.07 bits per heavy atom. The predicted octanol–water partition coefficient (Wildman–Crippen LogP) is 3.71. The summed E-state index contributed by atoms with van der Waals surface area (Å²) in [6.45, 7) is 4.67. The molecule has 2 aromatic rings. The normalized spacial score (nSPS) is 11.6. The smallest absolute Gasteiger partial charge is 0.242 e. The van der Waals surface area contributed by atoms with Gasteiger partial charge in [-0.1, -0.05) is 37.6 Å². The number of amides is 2. The maximum Gasteiger partial charge on any atom is 0.242 e. The van der Waals surface area contributed by atoms with E-state index in [2.05, 4.69) is 12.2 Å². The molecule has 0 aliphatic rings. The first kappa shape index (κ1) is 22.4. The molecule has 6 heteroatoms. The molecule has 1 N–H and O–H groups in total. The molecule has 0 saturated heterocycles. The summed E-state index contributed by atoms with van der Waals surface area (Å²) in [5.41, 5.74) is 1.60. The van der Waals surface area contributed by atoms with E-state index in [0.717, 1.165) is 24.2 Å². The fourth-order valence-electron chi connectivity index (χ4n) is 2.92. The SMILES string of the molecule is CCCCNC(=O)C(C)N(Cc1ccc(OC)cc1)C(=O)Cc1ccc(F)cc1. The van der Waals surface area contributed by atoms with Crippen LogP contribution in [0.25, 0.3) is 0 Å². The third-order valence-electron chi connectivity index (χ3n) is 4.78. The van der Waals surface area contributed by atoms with Gasteiger partial charge in [0.15, 0.2) is 0 Å². The number of carbonyl (C=O) groups is 2. The summed E-state index contributed by atoms with van der Waals surface area (Å²) < 4.78 is 18.3. The number of halogens is 1. The molecule has 0 saturated carbocycles. The van der Waals surface area contributed by atoms with Gasteiger partial charge in [0.2, 0.25) is 11.8 Å². The van der Waals surface area contributed by atoms with Crippen molar-refractivity contribution in [3.05, 3.63) is 65.5 Å². The van der Waals surface area contributed by atoms with Gasteiger partial charge in [0.1, 0.15) is 17.6 Å². The van der Waals surface area contributed by atoms with Crippen molar-refractivity contribution in [2.75, 3.05) is 13.7 Å². The average Bonchev–Trinajstić information content (AvgIpc) is 2.73. The van der Waals surface area contributed by atoms with Gasteiger partial charge in [-0.25, -0.2) is 4.39 Å². The zero-order valence-electron chi connectivity index (χ0n) is 17.3. The van der Waals surface area contributed by atoms with Crippen molar-refractivity contribution in [1.29, 1.82) is 0 Å². The Morgan fingerprint density at radius 3 is 2.28 bits per heavy atom. The van der Waals surface area contributed by atoms with Crippen LogP contribution in [0.2, 0.25) is 0 Å². The van der Waals surface area contributed by atoms with Gasteiger partial charge in [0.05, 0.1) is 13.5 Å². The zero-order chi connectivity index (χ0) is 21.2. The van der Waals surface area contributed by atoms with Crippen LogP contribution < -0.4 is 10.1 Å². The molecular formula is C23H29FN2O3. The monoisotopic (exact) mass is 400 g/mol. The van der Waals surface area contributed by atoms with E-state index >= 15 is 0 Å². The third kappa shape index (κ3) is 6.89. The molecule has 2 amide bonds. The molecule has 0 spiro atoms. The van der Waals surface area contributed by atoms with Gasteiger partial charge in [-0.05, 0) is 48.7 Å². The van der Waals surface area contributed by atoms with Gasteiger partial charge in [-0.15, -0.1) is 0 Å². The van der Waals surface area contributed by atoms with Crippen molar-refractivity contribution in [2.24, 2.45) is 0 Å². The molecule has 0 aromatic heterocycles. The minimum atomic E-state index is -0.623. The molecular weight excluding hydrogens is 371 g/mol. The molecule has 1 unspecified atom stereocenters. The molecule has 2 rings (SSSR count). The zero-order valence-corrected chi connectivity index (χ0v) is 17.3. The van der Waals surface area contributed by atoms with E-state index < -0.39 is 6.04 Å². The number of rotatable bonds is 10. The lowest BCUT2D eigenvalue weighted by Gasteiger charge is -2.29. The Balaban J connectivity index is 2.16. The molecule has 5 nitrogen and oxygen atoms in total. The molecule has 0 fully saturated rings. The maximum atomic E-state index is 13.2. The van der Waals surface area contributed by atoms with Crippen molar-refractivity contribution in [3.63, 3.8) is 0 Å². The summed E-state index contributed by atoms with van der Waals surface area (Å²) in [6, 6.07) is 12.6. The van der Waals surface area contributed by atoms with Crippen LogP contribution in [0.5, 0.6) is 5.75 Å². The predicted molar refractivity (Wildman–Crippen MR) is 111 cm³/mol. The molecule has 0 radical (unpaired) electrons. The van der Waals surface area contributed by atoms with Crippen LogP contribution in [0.15, 0.2) is 48.5 Å². The summed E-state index contributed by atoms with van der Waals surface area (Å²) in [5.74, 6) is 0.00763. The molecule has 156 valence electrons. The maximum absolute atomic E-state index is 13.2. The van der Waals surface area contributed by atoms with E-state index in [0.29, 0.717) is 18.7 Å². The Labute approximate surface area is 171 Å². The highest BCUT2D eigenvalue weighted by molar-refractivity contribution is 5.88. The molecule has 29 heavy (non-hydrogen) atoms. The number of hydrogen-bond acceptors (Lipinski definition) is 3. The second-order valence-corrected chi connectivity index (χ2v) is 6.99. The Kier molecular flexibility index (Phi) is 8.65. The van der Waals surface area contributed by atoms with Crippen LogP contribution in [0, 0.1) is 5.82 Å². The highest BCUT2D eigenvalue weighted by Gasteiger charge is 2.26. The molecule has 0 aliphatic heterocycles. The quantitative estimate of drug-likeness (QED) is 0.619. The van der Waals surface area contributed by atoms with Crippen LogP contribution in [-0.2, 0) is 22.6 Å². The van der Waals surface area contributed by atoms with Crippen LogP contribution in [0.3, 0.4) is 0 Å². The molecule has 1 atom stereocenters. The summed E-state index contributed by atoms with van der Waals surface area (Å²) >= 11 is 0. The lowest BCUT2D eigenvalue weighted by molar-refractivity contribution is -0.140. The van der Waals surface area contributed by atoms with Crippen molar-refractivity contribution >= 4 is 11.8 Å². The van der Waals surface area contributed by atoms with Crippen molar-refractivity contribution < 1.29 is 18.7 Å². The Bertz CT molecular complexity index is 791. The van der Waals surface area contributed by atoms with Crippen molar-refractivity contribution in [3.8, 4) is 5.75 Å². The largest absolute Gasteiger partial charge is 0.497 e. The number of carbonyl (C=O) groups excluding carboxylic acids is 2. The molecule has 0 heterocycles. The van der Waals surface area contributed by atoms with Gasteiger partial charge in [0.25, 0.3) is 0 Å².